The van der Waals surface area contributed by atoms with Crippen molar-refractivity contribution >= 4 is 35.8 Å². The SMILES string of the molecule is CCNC(=NCCc1ccc(OCC(N)=O)cc1)N1CCC2(CCOC2)C1.I. The summed E-state index contributed by atoms with van der Waals surface area (Å²) in [5.41, 5.74) is 6.60. The third-order valence-electron chi connectivity index (χ3n) is 5.22. The molecule has 0 radical (unpaired) electrons. The van der Waals surface area contributed by atoms with Gasteiger partial charge >= 0.3 is 0 Å². The molecule has 2 fully saturated rings. The van der Waals surface area contributed by atoms with Crippen LogP contribution in [0, 0.1) is 5.41 Å². The maximum absolute atomic E-state index is 10.8. The van der Waals surface area contributed by atoms with Crippen molar-refractivity contribution < 1.29 is 14.3 Å². The van der Waals surface area contributed by atoms with Crippen LogP contribution < -0.4 is 15.8 Å². The van der Waals surface area contributed by atoms with Gasteiger partial charge in [-0.25, -0.2) is 0 Å². The summed E-state index contributed by atoms with van der Waals surface area (Å²) >= 11 is 0. The normalized spacial score (nSPS) is 21.6. The molecule has 1 aromatic carbocycles. The first-order valence-electron chi connectivity index (χ1n) is 9.71. The van der Waals surface area contributed by atoms with Crippen LogP contribution in [0.4, 0.5) is 0 Å². The highest BCUT2D eigenvalue weighted by Gasteiger charge is 2.42. The van der Waals surface area contributed by atoms with Crippen LogP contribution in [0.1, 0.15) is 25.3 Å². The Morgan fingerprint density at radius 2 is 2.14 bits per heavy atom. The number of aliphatic imine (C=N–C) groups is 1. The minimum absolute atomic E-state index is 0. The number of likely N-dealkylation sites (tertiary alicyclic amines) is 1. The van der Waals surface area contributed by atoms with Crippen molar-refractivity contribution in [3.63, 3.8) is 0 Å². The van der Waals surface area contributed by atoms with Crippen molar-refractivity contribution in [3.8, 4) is 5.75 Å². The molecule has 2 aliphatic heterocycles. The molecule has 1 unspecified atom stereocenters. The molecule has 3 N–H and O–H groups in total. The lowest BCUT2D eigenvalue weighted by atomic mass is 9.87. The number of nitrogens with two attached hydrogens (primary N) is 1. The maximum atomic E-state index is 10.8. The Hall–Kier alpha value is -1.55. The Labute approximate surface area is 184 Å². The molecule has 0 aromatic heterocycles. The molecule has 2 aliphatic rings. The highest BCUT2D eigenvalue weighted by Crippen LogP contribution is 2.38. The van der Waals surface area contributed by atoms with Crippen LogP contribution in [-0.4, -0.2) is 62.8 Å². The van der Waals surface area contributed by atoms with Gasteiger partial charge in [0.1, 0.15) is 5.75 Å². The fourth-order valence-electron chi connectivity index (χ4n) is 3.71. The number of hydrogen-bond donors (Lipinski definition) is 2. The zero-order chi connectivity index (χ0) is 19.1. The van der Waals surface area contributed by atoms with Crippen molar-refractivity contribution in [2.45, 2.75) is 26.2 Å². The van der Waals surface area contributed by atoms with E-state index in [1.165, 1.54) is 12.0 Å². The molecule has 1 spiro atoms. The number of carbonyl (C=O) groups is 1. The molecule has 7 nitrogen and oxygen atoms in total. The van der Waals surface area contributed by atoms with Gasteiger partial charge in [-0.1, -0.05) is 12.1 Å². The molecular formula is C20H31IN4O3. The number of guanidine groups is 1. The molecule has 0 bridgehead atoms. The van der Waals surface area contributed by atoms with Gasteiger partial charge in [0, 0.05) is 38.2 Å². The fraction of sp³-hybridized carbons (Fsp3) is 0.600. The second-order valence-corrected chi connectivity index (χ2v) is 7.36. The molecule has 2 saturated heterocycles. The summed E-state index contributed by atoms with van der Waals surface area (Å²) < 4.78 is 10.9. The molecular weight excluding hydrogens is 471 g/mol. The van der Waals surface area contributed by atoms with Crippen molar-refractivity contribution in [2.75, 3.05) is 46.0 Å². The molecule has 2 heterocycles. The second-order valence-electron chi connectivity index (χ2n) is 7.36. The van der Waals surface area contributed by atoms with Crippen molar-refractivity contribution in [1.29, 1.82) is 0 Å². The minimum Gasteiger partial charge on any atom is -0.484 e. The number of benzene rings is 1. The Balaban J connectivity index is 0.00000280. The highest BCUT2D eigenvalue weighted by molar-refractivity contribution is 14.0. The molecule has 1 amide bonds. The predicted molar refractivity (Wildman–Crippen MR) is 120 cm³/mol. The van der Waals surface area contributed by atoms with Gasteiger partial charge in [-0.05, 0) is 43.9 Å². The van der Waals surface area contributed by atoms with Crippen LogP contribution in [0.3, 0.4) is 0 Å². The van der Waals surface area contributed by atoms with Gasteiger partial charge in [-0.3, -0.25) is 9.79 Å². The van der Waals surface area contributed by atoms with Crippen molar-refractivity contribution in [1.82, 2.24) is 10.2 Å². The Kier molecular flexibility index (Phi) is 8.81. The largest absolute Gasteiger partial charge is 0.484 e. The number of primary amides is 1. The topological polar surface area (TPSA) is 89.2 Å². The zero-order valence-corrected chi connectivity index (χ0v) is 18.8. The average Bonchev–Trinajstić information content (AvgIpc) is 3.30. The Morgan fingerprint density at radius 1 is 1.36 bits per heavy atom. The summed E-state index contributed by atoms with van der Waals surface area (Å²) in [7, 11) is 0. The second kappa shape index (κ2) is 10.8. The first-order valence-corrected chi connectivity index (χ1v) is 9.71. The Bertz CT molecular complexity index is 660. The summed E-state index contributed by atoms with van der Waals surface area (Å²) in [4.78, 5) is 18.0. The number of ether oxygens (including phenoxy) is 2. The van der Waals surface area contributed by atoms with Crippen molar-refractivity contribution in [2.24, 2.45) is 16.1 Å². The fourth-order valence-corrected chi connectivity index (χ4v) is 3.71. The lowest BCUT2D eigenvalue weighted by Gasteiger charge is -2.25. The summed E-state index contributed by atoms with van der Waals surface area (Å²) in [6.45, 7) is 7.44. The van der Waals surface area contributed by atoms with E-state index in [4.69, 9.17) is 20.2 Å². The van der Waals surface area contributed by atoms with Gasteiger partial charge in [0.25, 0.3) is 5.91 Å². The Morgan fingerprint density at radius 3 is 2.79 bits per heavy atom. The van der Waals surface area contributed by atoms with E-state index in [1.54, 1.807) is 0 Å². The van der Waals surface area contributed by atoms with E-state index in [-0.39, 0.29) is 30.6 Å². The van der Waals surface area contributed by atoms with Crippen LogP contribution in [0.25, 0.3) is 0 Å². The van der Waals surface area contributed by atoms with Crippen LogP contribution in [0.5, 0.6) is 5.75 Å². The standard InChI is InChI=1S/C20H30N4O3.HI/c1-2-22-19(24-11-8-20(14-24)9-12-26-15-20)23-10-7-16-3-5-17(6-4-16)27-13-18(21)25;/h3-6H,2,7-15H2,1H3,(H2,21,25)(H,22,23);1H. The molecule has 8 heteroatoms. The number of halogens is 1. The molecule has 0 aliphatic carbocycles. The summed E-state index contributed by atoms with van der Waals surface area (Å²) in [5, 5.41) is 3.42. The number of hydrogen-bond acceptors (Lipinski definition) is 4. The third kappa shape index (κ3) is 6.23. The van der Waals surface area contributed by atoms with E-state index in [0.717, 1.165) is 58.2 Å². The summed E-state index contributed by atoms with van der Waals surface area (Å²) in [6.07, 6.45) is 3.20. The van der Waals surface area contributed by atoms with E-state index >= 15 is 0 Å². The predicted octanol–water partition coefficient (Wildman–Crippen LogP) is 1.79. The van der Waals surface area contributed by atoms with Crippen LogP contribution >= 0.6 is 24.0 Å². The van der Waals surface area contributed by atoms with Gasteiger partial charge in [-0.2, -0.15) is 0 Å². The number of amides is 1. The van der Waals surface area contributed by atoms with Crippen LogP contribution in [-0.2, 0) is 16.0 Å². The van der Waals surface area contributed by atoms with E-state index in [9.17, 15) is 4.79 Å². The quantitative estimate of drug-likeness (QED) is 0.337. The molecule has 3 rings (SSSR count). The highest BCUT2D eigenvalue weighted by atomic mass is 127. The molecule has 1 atom stereocenters. The maximum Gasteiger partial charge on any atom is 0.255 e. The number of rotatable bonds is 7. The molecule has 28 heavy (non-hydrogen) atoms. The first kappa shape index (κ1) is 22.7. The molecule has 156 valence electrons. The lowest BCUT2D eigenvalue weighted by Crippen LogP contribution is -2.41. The van der Waals surface area contributed by atoms with Gasteiger partial charge in [-0.15, -0.1) is 24.0 Å². The van der Waals surface area contributed by atoms with E-state index in [2.05, 4.69) is 17.1 Å². The van der Waals surface area contributed by atoms with Crippen LogP contribution in [0.2, 0.25) is 0 Å². The molecule has 1 aromatic rings. The number of nitrogens with one attached hydrogen (secondary N) is 1. The summed E-state index contributed by atoms with van der Waals surface area (Å²) in [5.74, 6) is 1.18. The smallest absolute Gasteiger partial charge is 0.255 e. The van der Waals surface area contributed by atoms with E-state index in [0.29, 0.717) is 11.2 Å². The first-order chi connectivity index (χ1) is 13.1. The average molecular weight is 502 g/mol. The summed E-state index contributed by atoms with van der Waals surface area (Å²) in [6, 6.07) is 7.72. The van der Waals surface area contributed by atoms with E-state index < -0.39 is 5.91 Å². The number of carbonyl (C=O) groups excluding carboxylic acids is 1. The monoisotopic (exact) mass is 502 g/mol. The van der Waals surface area contributed by atoms with Gasteiger partial charge in [0.2, 0.25) is 0 Å². The van der Waals surface area contributed by atoms with Gasteiger partial charge in [0.05, 0.1) is 6.61 Å². The number of nitrogens with zero attached hydrogens (tertiary/aromatic N) is 2. The minimum atomic E-state index is -0.475. The van der Waals surface area contributed by atoms with Crippen LogP contribution in [0.15, 0.2) is 29.3 Å². The van der Waals surface area contributed by atoms with Gasteiger partial charge in [0.15, 0.2) is 12.6 Å². The zero-order valence-electron chi connectivity index (χ0n) is 16.5. The lowest BCUT2D eigenvalue weighted by molar-refractivity contribution is -0.119. The van der Waals surface area contributed by atoms with Crippen molar-refractivity contribution in [3.05, 3.63) is 29.8 Å². The van der Waals surface area contributed by atoms with E-state index in [1.807, 2.05) is 24.3 Å². The van der Waals surface area contributed by atoms with Gasteiger partial charge < -0.3 is 25.4 Å². The third-order valence-corrected chi connectivity index (χ3v) is 5.22. The molecule has 0 saturated carbocycles.